The quantitative estimate of drug-likeness (QED) is 0.391. The van der Waals surface area contributed by atoms with Gasteiger partial charge in [0.1, 0.15) is 6.10 Å². The zero-order valence-electron chi connectivity index (χ0n) is 22.3. The van der Waals surface area contributed by atoms with Gasteiger partial charge in [-0.05, 0) is 90.9 Å². The molecule has 0 amide bonds. The van der Waals surface area contributed by atoms with Crippen molar-refractivity contribution in [2.75, 3.05) is 0 Å². The Morgan fingerprint density at radius 1 is 1.03 bits per heavy atom. The molecule has 0 saturated heterocycles. The van der Waals surface area contributed by atoms with Crippen molar-refractivity contribution in [1.82, 2.24) is 0 Å². The number of allylic oxidation sites excluding steroid dienone is 1. The first kappa shape index (κ1) is 25.0. The first-order valence-electron chi connectivity index (χ1n) is 13.9. The molecule has 9 atom stereocenters. The molecule has 0 aromatic heterocycles. The maximum absolute atomic E-state index is 13.6. The lowest BCUT2D eigenvalue weighted by Crippen LogP contribution is -2.53. The van der Waals surface area contributed by atoms with Crippen LogP contribution in [0.1, 0.15) is 106 Å². The van der Waals surface area contributed by atoms with Crippen LogP contribution >= 0.6 is 0 Å². The maximum Gasteiger partial charge on any atom is 0.302 e. The minimum absolute atomic E-state index is 0.0510. The van der Waals surface area contributed by atoms with Crippen LogP contribution in [0.25, 0.3) is 0 Å². The second kappa shape index (κ2) is 9.15. The molecule has 33 heavy (non-hydrogen) atoms. The Hall–Kier alpha value is -1.12. The summed E-state index contributed by atoms with van der Waals surface area (Å²) < 4.78 is 5.55. The highest BCUT2D eigenvalue weighted by atomic mass is 16.5. The summed E-state index contributed by atoms with van der Waals surface area (Å²) in [6.07, 6.45) is 12.3. The number of hydrogen-bond acceptors (Lipinski definition) is 3. The Morgan fingerprint density at radius 3 is 2.42 bits per heavy atom. The summed E-state index contributed by atoms with van der Waals surface area (Å²) in [5, 5.41) is 0. The molecule has 4 aliphatic rings. The highest BCUT2D eigenvalue weighted by molar-refractivity contribution is 5.94. The molecule has 4 aliphatic carbocycles. The summed E-state index contributed by atoms with van der Waals surface area (Å²) in [5.74, 6) is 4.45. The predicted octanol–water partition coefficient (Wildman–Crippen LogP) is 7.38. The van der Waals surface area contributed by atoms with Crippen LogP contribution in [0.5, 0.6) is 0 Å². The maximum atomic E-state index is 13.6. The second-order valence-corrected chi connectivity index (χ2v) is 13.2. The lowest BCUT2D eigenvalue weighted by molar-refractivity contribution is -0.149. The number of ether oxygens (including phenoxy) is 1. The molecule has 0 N–H and O–H groups in total. The molecule has 3 nitrogen and oxygen atoms in total. The van der Waals surface area contributed by atoms with Crippen molar-refractivity contribution in [3.05, 3.63) is 11.6 Å². The van der Waals surface area contributed by atoms with Crippen LogP contribution in [0.15, 0.2) is 11.6 Å². The van der Waals surface area contributed by atoms with E-state index in [1.165, 1.54) is 51.0 Å². The molecule has 0 unspecified atom stereocenters. The smallest absolute Gasteiger partial charge is 0.302 e. The van der Waals surface area contributed by atoms with Gasteiger partial charge in [-0.25, -0.2) is 0 Å². The minimum Gasteiger partial charge on any atom is -0.462 e. The number of carbonyl (C=O) groups excluding carboxylic acids is 2. The zero-order valence-corrected chi connectivity index (χ0v) is 22.3. The Morgan fingerprint density at radius 2 is 1.76 bits per heavy atom. The third kappa shape index (κ3) is 4.36. The number of carbonyl (C=O) groups is 2. The van der Waals surface area contributed by atoms with Gasteiger partial charge in [-0.15, -0.1) is 0 Å². The number of hydrogen-bond donors (Lipinski definition) is 0. The van der Waals surface area contributed by atoms with Crippen molar-refractivity contribution in [1.29, 1.82) is 0 Å². The van der Waals surface area contributed by atoms with Crippen LogP contribution < -0.4 is 0 Å². The zero-order chi connectivity index (χ0) is 24.1. The molecule has 3 saturated carbocycles. The SMILES string of the molecule is CC(=O)O[C@H]1CC[C@@]2(C)C(=CC(=O)[C@H]3[C@@H]4CC[C@H]([C@H](C)CC[C@H](C)C(C)C)[C@@]4(C)CC[C@@H]32)C1. The number of rotatable bonds is 6. The Labute approximate surface area is 202 Å². The van der Waals surface area contributed by atoms with E-state index in [2.05, 4.69) is 41.5 Å². The van der Waals surface area contributed by atoms with Gasteiger partial charge in [-0.2, -0.15) is 0 Å². The largest absolute Gasteiger partial charge is 0.462 e. The molecule has 0 bridgehead atoms. The first-order valence-corrected chi connectivity index (χ1v) is 13.9. The summed E-state index contributed by atoms with van der Waals surface area (Å²) >= 11 is 0. The number of fused-ring (bicyclic) bond motifs is 5. The van der Waals surface area contributed by atoms with Gasteiger partial charge in [0.15, 0.2) is 5.78 Å². The Balaban J connectivity index is 1.52. The number of ketones is 1. The van der Waals surface area contributed by atoms with Crippen LogP contribution in [0, 0.1) is 52.3 Å². The summed E-state index contributed by atoms with van der Waals surface area (Å²) in [6, 6.07) is 0. The van der Waals surface area contributed by atoms with E-state index >= 15 is 0 Å². The molecule has 3 fully saturated rings. The summed E-state index contributed by atoms with van der Waals surface area (Å²) in [7, 11) is 0. The molecule has 0 aliphatic heterocycles. The molecule has 0 heterocycles. The van der Waals surface area contributed by atoms with E-state index in [9.17, 15) is 9.59 Å². The van der Waals surface area contributed by atoms with Crippen LogP contribution in [0.3, 0.4) is 0 Å². The fraction of sp³-hybridized carbons (Fsp3) is 0.867. The summed E-state index contributed by atoms with van der Waals surface area (Å²) in [5.41, 5.74) is 1.68. The number of esters is 1. The van der Waals surface area contributed by atoms with Crippen molar-refractivity contribution >= 4 is 11.8 Å². The average molecular weight is 457 g/mol. The van der Waals surface area contributed by atoms with Crippen LogP contribution in [0.2, 0.25) is 0 Å². The first-order chi connectivity index (χ1) is 15.5. The highest BCUT2D eigenvalue weighted by Crippen LogP contribution is 2.66. The van der Waals surface area contributed by atoms with E-state index < -0.39 is 0 Å². The fourth-order valence-corrected chi connectivity index (χ4v) is 8.74. The van der Waals surface area contributed by atoms with Gasteiger partial charge in [-0.3, -0.25) is 9.59 Å². The van der Waals surface area contributed by atoms with Gasteiger partial charge in [0.2, 0.25) is 0 Å². The van der Waals surface area contributed by atoms with Crippen molar-refractivity contribution in [2.24, 2.45) is 52.3 Å². The van der Waals surface area contributed by atoms with Crippen molar-refractivity contribution in [2.45, 2.75) is 112 Å². The second-order valence-electron chi connectivity index (χ2n) is 13.2. The molecular formula is C30H48O3. The average Bonchev–Trinajstić information content (AvgIpc) is 3.09. The molecule has 0 aromatic rings. The Kier molecular flexibility index (Phi) is 6.93. The highest BCUT2D eigenvalue weighted by Gasteiger charge is 2.61. The molecule has 186 valence electrons. The third-order valence-electron chi connectivity index (χ3n) is 11.2. The van der Waals surface area contributed by atoms with Crippen LogP contribution in [-0.4, -0.2) is 17.9 Å². The van der Waals surface area contributed by atoms with E-state index in [1.54, 1.807) is 0 Å². The standard InChI is InChI=1S/C30H48O3/c1-18(2)19(3)8-9-20(4)24-10-11-25-28-26(13-15-30(24,25)7)29(6)14-12-23(33-21(5)31)16-22(29)17-27(28)32/h17-20,23-26,28H,8-16H2,1-7H3/t19-,20+,23-,24+,25-,26-,28-,29-,30+/m0/s1. The van der Waals surface area contributed by atoms with Crippen molar-refractivity contribution in [3.63, 3.8) is 0 Å². The third-order valence-corrected chi connectivity index (χ3v) is 11.2. The molecular weight excluding hydrogens is 408 g/mol. The summed E-state index contributed by atoms with van der Waals surface area (Å²) in [6.45, 7) is 16.0. The molecule has 4 rings (SSSR count). The van der Waals surface area contributed by atoms with Crippen molar-refractivity contribution in [3.8, 4) is 0 Å². The topological polar surface area (TPSA) is 43.4 Å². The molecule has 0 aromatic carbocycles. The predicted molar refractivity (Wildman–Crippen MR) is 134 cm³/mol. The van der Waals surface area contributed by atoms with E-state index in [-0.39, 0.29) is 23.4 Å². The van der Waals surface area contributed by atoms with Gasteiger partial charge in [0.25, 0.3) is 0 Å². The van der Waals surface area contributed by atoms with Gasteiger partial charge >= 0.3 is 5.97 Å². The molecule has 0 radical (unpaired) electrons. The van der Waals surface area contributed by atoms with E-state index in [0.29, 0.717) is 23.0 Å². The minimum atomic E-state index is -0.202. The van der Waals surface area contributed by atoms with Crippen molar-refractivity contribution < 1.29 is 14.3 Å². The fourth-order valence-electron chi connectivity index (χ4n) is 8.74. The lowest BCUT2D eigenvalue weighted by atomic mass is 9.46. The van der Waals surface area contributed by atoms with E-state index in [4.69, 9.17) is 4.74 Å². The van der Waals surface area contributed by atoms with E-state index in [0.717, 1.165) is 42.9 Å². The van der Waals surface area contributed by atoms with Gasteiger partial charge in [0, 0.05) is 19.3 Å². The van der Waals surface area contributed by atoms with Gasteiger partial charge in [0.05, 0.1) is 0 Å². The van der Waals surface area contributed by atoms with Gasteiger partial charge < -0.3 is 4.74 Å². The molecule has 0 spiro atoms. The lowest BCUT2D eigenvalue weighted by Gasteiger charge is -2.57. The van der Waals surface area contributed by atoms with E-state index in [1.807, 2.05) is 6.08 Å². The monoisotopic (exact) mass is 456 g/mol. The van der Waals surface area contributed by atoms with Crippen LogP contribution in [-0.2, 0) is 14.3 Å². The van der Waals surface area contributed by atoms with Gasteiger partial charge in [-0.1, -0.05) is 60.0 Å². The van der Waals surface area contributed by atoms with Crippen LogP contribution in [0.4, 0.5) is 0 Å². The summed E-state index contributed by atoms with van der Waals surface area (Å²) in [4.78, 5) is 25.1. The normalized spacial score (nSPS) is 42.1. The molecule has 3 heteroatoms. The Bertz CT molecular complexity index is 796.